The second-order valence-electron chi connectivity index (χ2n) is 9.73. The fraction of sp³-hybridized carbons (Fsp3) is 0.538. The van der Waals surface area contributed by atoms with E-state index in [9.17, 15) is 14.7 Å². The first kappa shape index (κ1) is 23.7. The van der Waals surface area contributed by atoms with Gasteiger partial charge in [-0.2, -0.15) is 0 Å². The summed E-state index contributed by atoms with van der Waals surface area (Å²) in [6.45, 7) is 5.51. The van der Waals surface area contributed by atoms with E-state index in [0.717, 1.165) is 38.8 Å². The molecule has 0 aliphatic carbocycles. The van der Waals surface area contributed by atoms with Gasteiger partial charge in [-0.3, -0.25) is 14.5 Å². The molecule has 1 unspecified atom stereocenters. The van der Waals surface area contributed by atoms with Crippen LogP contribution >= 0.6 is 0 Å². The minimum Gasteiger partial charge on any atom is -0.474 e. The molecular weight excluding hydrogens is 446 g/mol. The van der Waals surface area contributed by atoms with Gasteiger partial charge in [-0.25, -0.2) is 9.97 Å². The van der Waals surface area contributed by atoms with E-state index >= 15 is 0 Å². The Morgan fingerprint density at radius 1 is 1.00 bits per heavy atom. The number of fused-ring (bicyclic) bond motifs is 1. The van der Waals surface area contributed by atoms with E-state index in [1.54, 1.807) is 17.9 Å². The molecule has 2 saturated heterocycles. The summed E-state index contributed by atoms with van der Waals surface area (Å²) in [6.07, 6.45) is 3.86. The van der Waals surface area contributed by atoms with Crippen molar-refractivity contribution in [1.29, 1.82) is 0 Å². The van der Waals surface area contributed by atoms with E-state index in [1.165, 1.54) is 17.5 Å². The van der Waals surface area contributed by atoms with Crippen LogP contribution in [0.2, 0.25) is 0 Å². The Hall–Kier alpha value is -3.04. The molecule has 0 spiro atoms. The van der Waals surface area contributed by atoms with Gasteiger partial charge in [-0.1, -0.05) is 24.3 Å². The number of amides is 2. The average Bonchev–Trinajstić information content (AvgIpc) is 2.88. The van der Waals surface area contributed by atoms with Crippen LogP contribution in [0, 0.1) is 0 Å². The number of carbonyl (C=O) groups excluding carboxylic acids is 2. The van der Waals surface area contributed by atoms with Crippen LogP contribution in [0.15, 0.2) is 36.7 Å². The third-order valence-electron chi connectivity index (χ3n) is 7.50. The molecule has 3 aliphatic rings. The van der Waals surface area contributed by atoms with E-state index in [2.05, 4.69) is 39.1 Å². The van der Waals surface area contributed by atoms with Crippen LogP contribution in [0.4, 0.5) is 0 Å². The predicted octanol–water partition coefficient (Wildman–Crippen LogP) is 1.50. The average molecular weight is 480 g/mol. The number of β-amino-alcohol motifs (C(OH)–C–C–N with tert-alkyl or cyclic N) is 1. The maximum atomic E-state index is 13.2. The molecule has 2 fully saturated rings. The van der Waals surface area contributed by atoms with Crippen molar-refractivity contribution < 1.29 is 19.4 Å². The minimum absolute atomic E-state index is 0.0394. The van der Waals surface area contributed by atoms with Crippen molar-refractivity contribution in [3.05, 3.63) is 53.5 Å². The summed E-state index contributed by atoms with van der Waals surface area (Å²) in [5.74, 6) is 0.228. The number of aromatic nitrogens is 2. The normalized spacial score (nSPS) is 23.6. The first-order valence-corrected chi connectivity index (χ1v) is 12.5. The zero-order valence-electron chi connectivity index (χ0n) is 20.2. The Balaban J connectivity index is 1.17. The van der Waals surface area contributed by atoms with Crippen molar-refractivity contribution in [3.63, 3.8) is 0 Å². The molecule has 2 amide bonds. The highest BCUT2D eigenvalue weighted by Gasteiger charge is 2.36. The van der Waals surface area contributed by atoms with E-state index in [4.69, 9.17) is 4.74 Å². The van der Waals surface area contributed by atoms with Crippen molar-refractivity contribution in [2.75, 3.05) is 32.7 Å². The second-order valence-corrected chi connectivity index (χ2v) is 9.73. The number of ether oxygens (including phenoxy) is 1. The molecule has 1 N–H and O–H groups in total. The van der Waals surface area contributed by atoms with E-state index in [0.29, 0.717) is 25.5 Å². The summed E-state index contributed by atoms with van der Waals surface area (Å²) in [7, 11) is 0. The molecule has 3 aliphatic heterocycles. The lowest BCUT2D eigenvalue weighted by molar-refractivity contribution is -0.130. The van der Waals surface area contributed by atoms with Crippen LogP contribution in [-0.2, 0) is 17.8 Å². The molecule has 186 valence electrons. The van der Waals surface area contributed by atoms with Crippen LogP contribution in [0.5, 0.6) is 5.88 Å². The Bertz CT molecular complexity index is 1070. The predicted molar refractivity (Wildman–Crippen MR) is 129 cm³/mol. The first-order chi connectivity index (χ1) is 17.0. The molecule has 0 radical (unpaired) electrons. The molecule has 9 heteroatoms. The molecule has 1 aromatic heterocycles. The zero-order chi connectivity index (χ0) is 24.4. The van der Waals surface area contributed by atoms with Crippen molar-refractivity contribution in [2.45, 2.75) is 57.4 Å². The summed E-state index contributed by atoms with van der Waals surface area (Å²) < 4.78 is 5.99. The summed E-state index contributed by atoms with van der Waals surface area (Å²) in [5, 5.41) is 10.9. The maximum absolute atomic E-state index is 13.2. The zero-order valence-corrected chi connectivity index (χ0v) is 20.2. The SMILES string of the molecule is CC(=O)N1CCC(Oc2cc(C(=O)N3CCC(N4CCc5ccccc5C4)[C@@H](O)C3)ncn2)CC1. The number of rotatable bonds is 4. The van der Waals surface area contributed by atoms with Gasteiger partial charge in [-0.15, -0.1) is 0 Å². The van der Waals surface area contributed by atoms with Crippen molar-refractivity contribution >= 4 is 11.8 Å². The van der Waals surface area contributed by atoms with Crippen molar-refractivity contribution in [3.8, 4) is 5.88 Å². The number of aliphatic hydroxyl groups is 1. The van der Waals surface area contributed by atoms with Crippen molar-refractivity contribution in [1.82, 2.24) is 24.7 Å². The molecule has 9 nitrogen and oxygen atoms in total. The summed E-state index contributed by atoms with van der Waals surface area (Å²) >= 11 is 0. The fourth-order valence-corrected chi connectivity index (χ4v) is 5.47. The summed E-state index contributed by atoms with van der Waals surface area (Å²) in [6, 6.07) is 10.1. The summed E-state index contributed by atoms with van der Waals surface area (Å²) in [5.41, 5.74) is 2.98. The number of likely N-dealkylation sites (tertiary alicyclic amines) is 2. The highest BCUT2D eigenvalue weighted by atomic mass is 16.5. The monoisotopic (exact) mass is 479 g/mol. The van der Waals surface area contributed by atoms with Crippen LogP contribution in [-0.4, -0.2) is 92.6 Å². The molecule has 2 aromatic rings. The Labute approximate surface area is 205 Å². The summed E-state index contributed by atoms with van der Waals surface area (Å²) in [4.78, 5) is 38.9. The Morgan fingerprint density at radius 3 is 2.49 bits per heavy atom. The van der Waals surface area contributed by atoms with Gasteiger partial charge in [-0.05, 0) is 24.0 Å². The van der Waals surface area contributed by atoms with Gasteiger partial charge in [0.15, 0.2) is 0 Å². The quantitative estimate of drug-likeness (QED) is 0.710. The fourth-order valence-electron chi connectivity index (χ4n) is 5.47. The van der Waals surface area contributed by atoms with E-state index in [1.807, 2.05) is 4.90 Å². The highest BCUT2D eigenvalue weighted by Crippen LogP contribution is 2.26. The van der Waals surface area contributed by atoms with Gasteiger partial charge in [0.25, 0.3) is 5.91 Å². The third-order valence-corrected chi connectivity index (χ3v) is 7.50. The van der Waals surface area contributed by atoms with Crippen LogP contribution in [0.25, 0.3) is 0 Å². The first-order valence-electron chi connectivity index (χ1n) is 12.5. The Morgan fingerprint density at radius 2 is 1.74 bits per heavy atom. The number of aliphatic hydroxyl groups excluding tert-OH is 1. The van der Waals surface area contributed by atoms with Gasteiger partial charge in [0, 0.05) is 71.1 Å². The lowest BCUT2D eigenvalue weighted by Crippen LogP contribution is -2.56. The topological polar surface area (TPSA) is 99.1 Å². The molecule has 5 rings (SSSR count). The van der Waals surface area contributed by atoms with E-state index in [-0.39, 0.29) is 36.2 Å². The van der Waals surface area contributed by atoms with Crippen LogP contribution in [0.3, 0.4) is 0 Å². The smallest absolute Gasteiger partial charge is 0.272 e. The lowest BCUT2D eigenvalue weighted by atomic mass is 9.94. The van der Waals surface area contributed by atoms with Gasteiger partial charge in [0.1, 0.15) is 18.1 Å². The Kier molecular flexibility index (Phi) is 6.97. The number of nitrogens with zero attached hydrogens (tertiary/aromatic N) is 5. The van der Waals surface area contributed by atoms with Gasteiger partial charge >= 0.3 is 0 Å². The largest absolute Gasteiger partial charge is 0.474 e. The minimum atomic E-state index is -0.609. The number of hydrogen-bond donors (Lipinski definition) is 1. The van der Waals surface area contributed by atoms with Gasteiger partial charge in [0.2, 0.25) is 11.8 Å². The van der Waals surface area contributed by atoms with Crippen molar-refractivity contribution in [2.24, 2.45) is 0 Å². The second kappa shape index (κ2) is 10.3. The van der Waals surface area contributed by atoms with Gasteiger partial charge < -0.3 is 19.6 Å². The number of carbonyl (C=O) groups is 2. The lowest BCUT2D eigenvalue weighted by Gasteiger charge is -2.43. The molecule has 35 heavy (non-hydrogen) atoms. The maximum Gasteiger partial charge on any atom is 0.272 e. The number of piperidine rings is 2. The molecule has 2 atom stereocenters. The number of benzene rings is 1. The molecule has 1 aromatic carbocycles. The van der Waals surface area contributed by atoms with Crippen LogP contribution in [0.1, 0.15) is 47.8 Å². The third kappa shape index (κ3) is 5.31. The van der Waals surface area contributed by atoms with E-state index < -0.39 is 6.10 Å². The molecular formula is C26H33N5O4. The molecule has 4 heterocycles. The van der Waals surface area contributed by atoms with Crippen LogP contribution < -0.4 is 4.74 Å². The highest BCUT2D eigenvalue weighted by molar-refractivity contribution is 5.92. The molecule has 0 bridgehead atoms. The number of hydrogen-bond acceptors (Lipinski definition) is 7. The van der Waals surface area contributed by atoms with Gasteiger partial charge in [0.05, 0.1) is 6.10 Å². The standard InChI is InChI=1S/C26H33N5O4/c1-18(32)29-11-7-21(8-12-29)35-25-14-22(27-17-28-25)26(34)31-13-9-23(24(33)16-31)30-10-6-19-4-2-3-5-20(19)15-30/h2-5,14,17,21,23-24,33H,6-13,15-16H2,1H3/t23?,24-/m0/s1. The molecule has 0 saturated carbocycles.